The minimum atomic E-state index is 0. The molecule has 12 rings (SSSR count). The molecule has 0 amide bonds. The number of pyridine rings is 5. The topological polar surface area (TPSA) is 256 Å². The summed E-state index contributed by atoms with van der Waals surface area (Å²) in [5.74, 6) is 2.44. The molecule has 24 nitrogen and oxygen atoms in total. The Labute approximate surface area is 651 Å². The van der Waals surface area contributed by atoms with Crippen LogP contribution >= 0.6 is 0 Å². The third kappa shape index (κ3) is 23.3. The minimum Gasteiger partial charge on any atom is -0.475 e. The Morgan fingerprint density at radius 2 is 0.713 bits per heavy atom. The number of likely N-dealkylation sites (N-methyl/N-ethyl adjacent to an activating group) is 2. The Morgan fingerprint density at radius 1 is 0.380 bits per heavy atom. The quantitative estimate of drug-likeness (QED) is 0.0187. The number of nitrogens with zero attached hydrogens (tertiary/aromatic N) is 15. The summed E-state index contributed by atoms with van der Waals surface area (Å²) in [5, 5.41) is 26.3. The maximum Gasteiger partial charge on any atom is 0.257 e. The van der Waals surface area contributed by atoms with Crippen molar-refractivity contribution in [3.05, 3.63) is 160 Å². The number of aromatic nitrogens is 10. The second-order valence-corrected chi connectivity index (χ2v) is 33.5. The normalized spacial score (nSPS) is 12.6. The van der Waals surface area contributed by atoms with E-state index in [1.54, 1.807) is 0 Å². The van der Waals surface area contributed by atoms with Gasteiger partial charge in [-0.3, -0.25) is 0 Å². The maximum absolute atomic E-state index is 6.29. The summed E-state index contributed by atoms with van der Waals surface area (Å²) in [5.41, 5.74) is 52.8. The van der Waals surface area contributed by atoms with Crippen molar-refractivity contribution in [3.63, 3.8) is 0 Å². The lowest BCUT2D eigenvalue weighted by Crippen LogP contribution is -2.56. The van der Waals surface area contributed by atoms with Crippen LogP contribution in [0.5, 0.6) is 17.6 Å². The molecule has 10 aromatic rings. The van der Waals surface area contributed by atoms with Gasteiger partial charge in [0.15, 0.2) is 5.82 Å². The molecule has 0 unspecified atom stereocenters. The van der Waals surface area contributed by atoms with Gasteiger partial charge in [-0.1, -0.05) is 30.3 Å². The van der Waals surface area contributed by atoms with Gasteiger partial charge in [-0.05, 0) is 172 Å². The number of aryl methyl sites for hydroxylation is 11. The molecule has 0 fully saturated rings. The van der Waals surface area contributed by atoms with Gasteiger partial charge in [-0.25, -0.2) is 22.6 Å². The number of fused-ring (bicyclic) bond motifs is 9. The van der Waals surface area contributed by atoms with Crippen LogP contribution in [0.4, 0.5) is 34.3 Å². The van der Waals surface area contributed by atoms with Crippen molar-refractivity contribution in [2.45, 2.75) is 146 Å². The molecule has 0 spiro atoms. The summed E-state index contributed by atoms with van der Waals surface area (Å²) >= 11 is 0. The predicted molar refractivity (Wildman–Crippen MR) is 458 cm³/mol. The molecule has 108 heavy (non-hydrogen) atoms. The highest BCUT2D eigenvalue weighted by Crippen LogP contribution is 2.34. The summed E-state index contributed by atoms with van der Waals surface area (Å²) in [6.45, 7) is 29.4. The van der Waals surface area contributed by atoms with Crippen molar-refractivity contribution < 1.29 is 36.6 Å². The summed E-state index contributed by atoms with van der Waals surface area (Å²) < 4.78 is 32.0. The SMILES string of the molecule is C[N+](C)(C)CCCOc1nn2c3c(ccc2c1N)CCC3.C[N+](C)(C)CCCc1nn2c3c(ccc2c1N)CCC3.Cc1ccc2c(N)c(NCC[N+](C)(C)C)nn2c1C.Cc1ccc2c(N)c(OCCC[N+](C)(C)C)nn2c1C.Cc1ccc2c(N)c(OCC[N+](C)(C(C)C)C(C)C)nn2c1C.[CH3-].[CH3-].[CH3-].[CH3-].[CH3-]. The number of anilines is 6. The largest absolute Gasteiger partial charge is 0.475 e. The molecular formula is C84H145N21O3. The van der Waals surface area contributed by atoms with Gasteiger partial charge in [0.2, 0.25) is 0 Å². The first-order valence-electron chi connectivity index (χ1n) is 37.2. The van der Waals surface area contributed by atoms with Crippen LogP contribution in [0.2, 0.25) is 0 Å². The molecule has 0 radical (unpaired) electrons. The molecule has 11 N–H and O–H groups in total. The van der Waals surface area contributed by atoms with Crippen LogP contribution < -0.4 is 48.2 Å². The van der Waals surface area contributed by atoms with Gasteiger partial charge >= 0.3 is 0 Å². The second-order valence-electron chi connectivity index (χ2n) is 33.5. The van der Waals surface area contributed by atoms with Crippen molar-refractivity contribution in [1.29, 1.82) is 0 Å². The third-order valence-corrected chi connectivity index (χ3v) is 20.7. The molecular weight excluding hydrogens is 1350 g/mol. The maximum atomic E-state index is 6.29. The van der Waals surface area contributed by atoms with Gasteiger partial charge in [-0.2, -0.15) is 5.10 Å². The zero-order valence-electron chi connectivity index (χ0n) is 72.2. The zero-order valence-corrected chi connectivity index (χ0v) is 72.2. The molecule has 24 heteroatoms. The Hall–Kier alpha value is -8.55. The van der Waals surface area contributed by atoms with E-state index in [-0.39, 0.29) is 37.1 Å². The highest BCUT2D eigenvalue weighted by molar-refractivity contribution is 5.81. The lowest BCUT2D eigenvalue weighted by atomic mass is 10.1. The highest BCUT2D eigenvalue weighted by Gasteiger charge is 2.30. The summed E-state index contributed by atoms with van der Waals surface area (Å²) in [6, 6.07) is 21.9. The standard InChI is InChI=1S/C18H31N4O.C16H25N4O.C16H25N4.C15H25N4O.C14H24N5.5CH3/c1-12(2)22(7,13(3)4)10-11-23-18-17(19)16-9-8-14(5)15(6)21(16)20-18;1-20(2,3)10-5-11-21-16-15(17)14-9-8-12-6-4-7-13(12)19(14)18-16;1-20(2,3)11-5-7-13-16(17)15-10-9-12-6-4-8-14(12)19(15)18-13;1-11-7-8-13-14(16)15(17-18(13)12(11)2)20-10-6-9-19(3,4)5;1-10-6-7-12-13(15)14(17-18(12)11(10)2)16-8-9-19(3,4)5;;;;;/h8-9,12-13H,10-11,19H2,1-7H3;8-9H,4-7,10-11,17H2,1-3H3;9-10H,4-8,11,17H2,1-3H3;7-8H,6,9-10,16H2,1-5H3;6-7H,8-9,15H2,1-5H3,(H,16,17);5*1H3/q5*+1;5*-1. The van der Waals surface area contributed by atoms with Crippen LogP contribution in [0.25, 0.3) is 27.6 Å². The fraction of sp³-hybridized carbons (Fsp3) is 0.524. The molecule has 0 atom stereocenters. The van der Waals surface area contributed by atoms with E-state index < -0.39 is 0 Å². The van der Waals surface area contributed by atoms with Crippen molar-refractivity contribution in [1.82, 2.24) is 48.1 Å². The van der Waals surface area contributed by atoms with E-state index in [4.69, 9.17) is 48.0 Å². The average Bonchev–Trinajstić information content (AvgIpc) is 1.61. The number of ether oxygens (including phenoxy) is 3. The van der Waals surface area contributed by atoms with Gasteiger partial charge in [0.1, 0.15) is 35.9 Å². The summed E-state index contributed by atoms with van der Waals surface area (Å²) in [7, 11) is 28.5. The lowest BCUT2D eigenvalue weighted by Gasteiger charge is -2.42. The molecule has 10 heterocycles. The Morgan fingerprint density at radius 3 is 1.11 bits per heavy atom. The fourth-order valence-electron chi connectivity index (χ4n) is 13.1. The smallest absolute Gasteiger partial charge is 0.257 e. The average molecular weight is 1500 g/mol. The molecule has 0 saturated heterocycles. The number of hydrogen-bond donors (Lipinski definition) is 6. The van der Waals surface area contributed by atoms with Crippen LogP contribution in [-0.2, 0) is 32.1 Å². The van der Waals surface area contributed by atoms with E-state index in [9.17, 15) is 0 Å². The van der Waals surface area contributed by atoms with E-state index in [2.05, 4.69) is 220 Å². The van der Waals surface area contributed by atoms with Crippen molar-refractivity contribution >= 4 is 61.8 Å². The lowest BCUT2D eigenvalue weighted by molar-refractivity contribution is -0.949. The molecule has 0 aromatic carbocycles. The predicted octanol–water partition coefficient (Wildman–Crippen LogP) is 13.0. The first-order valence-corrected chi connectivity index (χ1v) is 37.2. The summed E-state index contributed by atoms with van der Waals surface area (Å²) in [4.78, 5) is 0. The van der Waals surface area contributed by atoms with E-state index in [1.807, 2.05) is 50.1 Å². The Balaban J connectivity index is 0.000000347. The van der Waals surface area contributed by atoms with Crippen molar-refractivity contribution in [2.75, 3.05) is 185 Å². The van der Waals surface area contributed by atoms with E-state index >= 15 is 0 Å². The van der Waals surface area contributed by atoms with Crippen LogP contribution in [0.3, 0.4) is 0 Å². The Kier molecular flexibility index (Phi) is 33.6. The van der Waals surface area contributed by atoms with Crippen molar-refractivity contribution in [3.8, 4) is 17.6 Å². The number of nitrogen functional groups attached to an aromatic ring is 5. The first kappa shape index (κ1) is 93.7. The van der Waals surface area contributed by atoms with Crippen LogP contribution in [0.1, 0.15) is 122 Å². The van der Waals surface area contributed by atoms with Crippen LogP contribution in [-0.4, -0.2) is 233 Å². The first-order chi connectivity index (χ1) is 48.2. The van der Waals surface area contributed by atoms with Gasteiger partial charge < -0.3 is 108 Å². The van der Waals surface area contributed by atoms with Gasteiger partial charge in [0, 0.05) is 47.7 Å². The molecule has 2 aliphatic rings. The zero-order chi connectivity index (χ0) is 75.8. The van der Waals surface area contributed by atoms with Gasteiger partial charge in [0.05, 0.1) is 189 Å². The molecule has 0 bridgehead atoms. The Bertz CT molecular complexity index is 4490. The highest BCUT2D eigenvalue weighted by atomic mass is 16.5. The fourth-order valence-corrected chi connectivity index (χ4v) is 13.1. The summed E-state index contributed by atoms with van der Waals surface area (Å²) in [6.07, 6.45) is 11.0. The molecule has 0 aliphatic heterocycles. The van der Waals surface area contributed by atoms with Crippen LogP contribution in [0.15, 0.2) is 60.7 Å². The second kappa shape index (κ2) is 38.7. The molecule has 2 aliphatic carbocycles. The number of quaternary nitrogens is 5. The molecule has 10 aromatic heterocycles. The van der Waals surface area contributed by atoms with Gasteiger partial charge in [-0.15, -0.1) is 20.4 Å². The monoisotopic (exact) mass is 1500 g/mol. The minimum absolute atomic E-state index is 0. The van der Waals surface area contributed by atoms with E-state index in [0.29, 0.717) is 66.6 Å². The van der Waals surface area contributed by atoms with E-state index in [1.165, 1.54) is 58.5 Å². The third-order valence-electron chi connectivity index (χ3n) is 20.7. The number of nitrogens with two attached hydrogens (primary N) is 5. The van der Waals surface area contributed by atoms with Crippen LogP contribution in [0, 0.1) is 78.7 Å². The number of hydrogen-bond acceptors (Lipinski definition) is 14. The van der Waals surface area contributed by atoms with Gasteiger partial charge in [0.25, 0.3) is 17.6 Å². The molecule has 604 valence electrons. The van der Waals surface area contributed by atoms with Crippen molar-refractivity contribution in [2.24, 2.45) is 0 Å². The number of nitrogens with one attached hydrogen (secondary N) is 1. The number of rotatable bonds is 24. The molecule has 0 saturated carbocycles. The van der Waals surface area contributed by atoms with E-state index in [0.717, 1.165) is 174 Å².